The second kappa shape index (κ2) is 2.69. The summed E-state index contributed by atoms with van der Waals surface area (Å²) in [6.07, 6.45) is 1.57. The Morgan fingerprint density at radius 3 is 2.77 bits per heavy atom. The van der Waals surface area contributed by atoms with Crippen LogP contribution in [-0.2, 0) is 16.9 Å². The fraction of sp³-hybridized carbons (Fsp3) is 0.667. The van der Waals surface area contributed by atoms with Crippen molar-refractivity contribution in [1.29, 1.82) is 0 Å². The van der Waals surface area contributed by atoms with Gasteiger partial charge in [0.15, 0.2) is 9.84 Å². The Labute approximate surface area is 75.9 Å². The van der Waals surface area contributed by atoms with Gasteiger partial charge in [-0.3, -0.25) is 0 Å². The van der Waals surface area contributed by atoms with Crippen molar-refractivity contribution < 1.29 is 8.42 Å². The van der Waals surface area contributed by atoms with Crippen LogP contribution >= 0.6 is 0 Å². The quantitative estimate of drug-likeness (QED) is 0.667. The lowest BCUT2D eigenvalue weighted by Gasteiger charge is -2.26. The van der Waals surface area contributed by atoms with E-state index in [2.05, 4.69) is 15.6 Å². The molecule has 0 aromatic carbocycles. The van der Waals surface area contributed by atoms with E-state index in [0.717, 1.165) is 5.82 Å². The normalized spacial score (nSPS) is 21.0. The molecule has 0 amide bonds. The molecule has 13 heavy (non-hydrogen) atoms. The van der Waals surface area contributed by atoms with Crippen molar-refractivity contribution >= 4 is 15.7 Å². The van der Waals surface area contributed by atoms with E-state index in [4.69, 9.17) is 0 Å². The maximum Gasteiger partial charge on any atom is 0.154 e. The lowest BCUT2D eigenvalue weighted by molar-refractivity contribution is 0.569. The summed E-state index contributed by atoms with van der Waals surface area (Å²) >= 11 is 0. The van der Waals surface area contributed by atoms with Gasteiger partial charge in [-0.2, -0.15) is 0 Å². The first-order valence-electron chi connectivity index (χ1n) is 3.88. The molecule has 1 saturated heterocycles. The van der Waals surface area contributed by atoms with Crippen molar-refractivity contribution in [2.75, 3.05) is 16.8 Å². The van der Waals surface area contributed by atoms with Gasteiger partial charge in [0, 0.05) is 7.05 Å². The van der Waals surface area contributed by atoms with Gasteiger partial charge in [0.2, 0.25) is 0 Å². The predicted molar refractivity (Wildman–Crippen MR) is 47.1 cm³/mol. The number of aromatic nitrogens is 3. The fourth-order valence-electron chi connectivity index (χ4n) is 1.28. The third kappa shape index (κ3) is 1.64. The summed E-state index contributed by atoms with van der Waals surface area (Å²) in [5.74, 6) is 1.16. The van der Waals surface area contributed by atoms with Gasteiger partial charge in [-0.25, -0.2) is 13.1 Å². The summed E-state index contributed by atoms with van der Waals surface area (Å²) in [5.41, 5.74) is 0. The van der Waals surface area contributed by atoms with E-state index in [-0.39, 0.29) is 17.5 Å². The molecule has 0 aliphatic carbocycles. The van der Waals surface area contributed by atoms with Crippen LogP contribution in [-0.4, -0.2) is 41.0 Å². The second-order valence-electron chi connectivity index (χ2n) is 3.16. The predicted octanol–water partition coefficient (Wildman–Crippen LogP) is -0.976. The summed E-state index contributed by atoms with van der Waals surface area (Å²) in [6.45, 7) is 0. The van der Waals surface area contributed by atoms with E-state index >= 15 is 0 Å². The van der Waals surface area contributed by atoms with Crippen LogP contribution in [0.4, 0.5) is 5.82 Å². The monoisotopic (exact) mass is 202 g/mol. The number of hydrogen-bond donors (Lipinski definition) is 1. The largest absolute Gasteiger partial charge is 0.364 e. The zero-order valence-electron chi connectivity index (χ0n) is 7.14. The minimum absolute atomic E-state index is 0.0159. The van der Waals surface area contributed by atoms with Crippen LogP contribution in [0.1, 0.15) is 0 Å². The standard InChI is InChI=1S/C6H10N4O2S/c1-10-6(2-7-9-10)8-5-3-13(11,12)4-5/h2,5,8H,3-4H2,1H3. The lowest BCUT2D eigenvalue weighted by atomic mass is 10.4. The first kappa shape index (κ1) is 8.49. The molecule has 1 N–H and O–H groups in total. The molecule has 6 nitrogen and oxygen atoms in total. The molecule has 0 radical (unpaired) electrons. The molecule has 1 aromatic heterocycles. The van der Waals surface area contributed by atoms with Gasteiger partial charge in [0.25, 0.3) is 0 Å². The van der Waals surface area contributed by atoms with Crippen LogP contribution < -0.4 is 5.32 Å². The highest BCUT2D eigenvalue weighted by Gasteiger charge is 2.33. The highest BCUT2D eigenvalue weighted by atomic mass is 32.2. The number of sulfone groups is 1. The number of hydrogen-bond acceptors (Lipinski definition) is 5. The zero-order chi connectivity index (χ0) is 9.47. The molecule has 2 rings (SSSR count). The Morgan fingerprint density at radius 2 is 2.31 bits per heavy atom. The fourth-order valence-corrected chi connectivity index (χ4v) is 2.57. The molecule has 0 spiro atoms. The number of rotatable bonds is 2. The van der Waals surface area contributed by atoms with Gasteiger partial charge in [-0.05, 0) is 0 Å². The van der Waals surface area contributed by atoms with Crippen LogP contribution in [0, 0.1) is 0 Å². The first-order chi connectivity index (χ1) is 6.07. The molecular weight excluding hydrogens is 192 g/mol. The SMILES string of the molecule is Cn1nncc1NC1CS(=O)(=O)C1. The van der Waals surface area contributed by atoms with Crippen LogP contribution in [0.25, 0.3) is 0 Å². The highest BCUT2D eigenvalue weighted by Crippen LogP contribution is 2.15. The van der Waals surface area contributed by atoms with Crippen molar-refractivity contribution in [2.24, 2.45) is 7.05 Å². The summed E-state index contributed by atoms with van der Waals surface area (Å²) in [4.78, 5) is 0. The third-order valence-corrected chi connectivity index (χ3v) is 3.80. The molecule has 1 aliphatic rings. The van der Waals surface area contributed by atoms with Crippen molar-refractivity contribution in [3.05, 3.63) is 6.20 Å². The van der Waals surface area contributed by atoms with Crippen molar-refractivity contribution in [3.8, 4) is 0 Å². The molecule has 2 heterocycles. The molecule has 1 fully saturated rings. The van der Waals surface area contributed by atoms with E-state index in [0.29, 0.717) is 0 Å². The van der Waals surface area contributed by atoms with Crippen molar-refractivity contribution in [1.82, 2.24) is 15.0 Å². The van der Waals surface area contributed by atoms with E-state index in [9.17, 15) is 8.42 Å². The van der Waals surface area contributed by atoms with Gasteiger partial charge >= 0.3 is 0 Å². The molecule has 0 unspecified atom stereocenters. The maximum absolute atomic E-state index is 10.8. The number of aryl methyl sites for hydroxylation is 1. The summed E-state index contributed by atoms with van der Waals surface area (Å²) < 4.78 is 23.2. The van der Waals surface area contributed by atoms with Crippen molar-refractivity contribution in [3.63, 3.8) is 0 Å². The molecule has 0 bridgehead atoms. The molecular formula is C6H10N4O2S. The number of nitrogens with zero attached hydrogens (tertiary/aromatic N) is 3. The Bertz CT molecular complexity index is 398. The second-order valence-corrected chi connectivity index (χ2v) is 5.31. The topological polar surface area (TPSA) is 76.9 Å². The number of nitrogens with one attached hydrogen (secondary N) is 1. The average Bonchev–Trinajstić information content (AvgIpc) is 2.33. The van der Waals surface area contributed by atoms with Gasteiger partial charge in [-0.1, -0.05) is 5.21 Å². The van der Waals surface area contributed by atoms with Crippen molar-refractivity contribution in [2.45, 2.75) is 6.04 Å². The minimum Gasteiger partial charge on any atom is -0.364 e. The van der Waals surface area contributed by atoms with Gasteiger partial charge < -0.3 is 5.32 Å². The van der Waals surface area contributed by atoms with Gasteiger partial charge in [0.1, 0.15) is 5.82 Å². The van der Waals surface area contributed by atoms with Crippen LogP contribution in [0.5, 0.6) is 0 Å². The minimum atomic E-state index is -2.76. The van der Waals surface area contributed by atoms with Crippen LogP contribution in [0.15, 0.2) is 6.20 Å². The molecule has 0 atom stereocenters. The molecule has 1 aromatic rings. The molecule has 0 saturated carbocycles. The van der Waals surface area contributed by atoms with E-state index in [1.165, 1.54) is 0 Å². The summed E-state index contributed by atoms with van der Waals surface area (Å²) in [6, 6.07) is 0.0159. The smallest absolute Gasteiger partial charge is 0.154 e. The molecule has 72 valence electrons. The van der Waals surface area contributed by atoms with E-state index in [1.54, 1.807) is 17.9 Å². The summed E-state index contributed by atoms with van der Waals surface area (Å²) in [7, 11) is -1.01. The summed E-state index contributed by atoms with van der Waals surface area (Å²) in [5, 5.41) is 10.4. The Morgan fingerprint density at radius 1 is 1.62 bits per heavy atom. The van der Waals surface area contributed by atoms with Gasteiger partial charge in [0.05, 0.1) is 23.7 Å². The molecule has 7 heteroatoms. The molecule has 1 aliphatic heterocycles. The van der Waals surface area contributed by atoms with E-state index in [1.807, 2.05) is 0 Å². The Hall–Kier alpha value is -1.11. The Balaban J connectivity index is 1.98. The van der Waals surface area contributed by atoms with Gasteiger partial charge in [-0.15, -0.1) is 5.10 Å². The average molecular weight is 202 g/mol. The zero-order valence-corrected chi connectivity index (χ0v) is 7.95. The third-order valence-electron chi connectivity index (χ3n) is 1.98. The first-order valence-corrected chi connectivity index (χ1v) is 5.70. The van der Waals surface area contributed by atoms with Crippen LogP contribution in [0.2, 0.25) is 0 Å². The maximum atomic E-state index is 10.8. The Kier molecular flexibility index (Phi) is 1.76. The highest BCUT2D eigenvalue weighted by molar-refractivity contribution is 7.92. The van der Waals surface area contributed by atoms with E-state index < -0.39 is 9.84 Å². The van der Waals surface area contributed by atoms with Crippen LogP contribution in [0.3, 0.4) is 0 Å². The number of anilines is 1. The lowest BCUT2D eigenvalue weighted by Crippen LogP contribution is -2.46.